The molecule has 100 valence electrons. The average Bonchev–Trinajstić information content (AvgIpc) is 2.42. The Bertz CT molecular complexity index is 634. The van der Waals surface area contributed by atoms with Gasteiger partial charge in [-0.3, -0.25) is 9.59 Å². The van der Waals surface area contributed by atoms with Crippen molar-refractivity contribution in [3.63, 3.8) is 0 Å². The van der Waals surface area contributed by atoms with Crippen LogP contribution in [0.25, 0.3) is 11.0 Å². The van der Waals surface area contributed by atoms with Crippen molar-refractivity contribution in [3.05, 3.63) is 40.3 Å². The Morgan fingerprint density at radius 3 is 2.95 bits per heavy atom. The number of hydrogen-bond acceptors (Lipinski definition) is 3. The molecule has 0 spiro atoms. The fraction of sp³-hybridized carbons (Fsp3) is 0.357. The topological polar surface area (TPSA) is 74.8 Å². The maximum atomic E-state index is 11.8. The van der Waals surface area contributed by atoms with Gasteiger partial charge in [0.2, 0.25) is 5.91 Å². The quantitative estimate of drug-likeness (QED) is 0.851. The van der Waals surface area contributed by atoms with Crippen molar-refractivity contribution < 1.29 is 4.79 Å². The Kier molecular flexibility index (Phi) is 4.28. The highest BCUT2D eigenvalue weighted by molar-refractivity contribution is 5.76. The number of carbonyl (C=O) groups is 1. The SMILES string of the molecule is CCCNC(=O)CCc1nc2ccccc2[nH]c1=O. The average molecular weight is 259 g/mol. The van der Waals surface area contributed by atoms with E-state index in [1.54, 1.807) is 0 Å². The molecule has 2 rings (SSSR count). The molecule has 1 aromatic heterocycles. The van der Waals surface area contributed by atoms with Gasteiger partial charge in [0, 0.05) is 19.4 Å². The van der Waals surface area contributed by atoms with Crippen molar-refractivity contribution in [3.8, 4) is 0 Å². The van der Waals surface area contributed by atoms with E-state index in [9.17, 15) is 9.59 Å². The number of amides is 1. The molecule has 0 atom stereocenters. The van der Waals surface area contributed by atoms with Gasteiger partial charge in [0.15, 0.2) is 0 Å². The van der Waals surface area contributed by atoms with E-state index in [1.807, 2.05) is 31.2 Å². The number of rotatable bonds is 5. The molecular formula is C14H17N3O2. The van der Waals surface area contributed by atoms with Gasteiger partial charge < -0.3 is 10.3 Å². The van der Waals surface area contributed by atoms with Crippen LogP contribution in [0.2, 0.25) is 0 Å². The van der Waals surface area contributed by atoms with Gasteiger partial charge in [0.1, 0.15) is 5.69 Å². The van der Waals surface area contributed by atoms with Crippen LogP contribution in [0.15, 0.2) is 29.1 Å². The Morgan fingerprint density at radius 2 is 2.16 bits per heavy atom. The highest BCUT2D eigenvalue weighted by Crippen LogP contribution is 2.06. The molecule has 1 heterocycles. The number of benzene rings is 1. The molecule has 1 aromatic carbocycles. The zero-order valence-electron chi connectivity index (χ0n) is 10.9. The van der Waals surface area contributed by atoms with Gasteiger partial charge in [-0.2, -0.15) is 0 Å². The summed E-state index contributed by atoms with van der Waals surface area (Å²) in [5.74, 6) is -0.0452. The molecule has 0 aliphatic heterocycles. The summed E-state index contributed by atoms with van der Waals surface area (Å²) in [6, 6.07) is 7.36. The standard InChI is InChI=1S/C14H17N3O2/c1-2-9-15-13(18)8-7-12-14(19)17-11-6-4-3-5-10(11)16-12/h3-6H,2,7-9H2,1H3,(H,15,18)(H,17,19). The zero-order valence-corrected chi connectivity index (χ0v) is 10.9. The van der Waals surface area contributed by atoms with Crippen molar-refractivity contribution in [2.24, 2.45) is 0 Å². The second-order valence-electron chi connectivity index (χ2n) is 4.38. The highest BCUT2D eigenvalue weighted by atomic mass is 16.1. The molecule has 5 nitrogen and oxygen atoms in total. The molecule has 0 aliphatic carbocycles. The number of H-pyrrole nitrogens is 1. The van der Waals surface area contributed by atoms with E-state index >= 15 is 0 Å². The number of hydrogen-bond donors (Lipinski definition) is 2. The van der Waals surface area contributed by atoms with Crippen LogP contribution in [0.4, 0.5) is 0 Å². The summed E-state index contributed by atoms with van der Waals surface area (Å²) in [6.45, 7) is 2.66. The Labute approximate surface area is 111 Å². The summed E-state index contributed by atoms with van der Waals surface area (Å²) in [4.78, 5) is 30.4. The summed E-state index contributed by atoms with van der Waals surface area (Å²) in [7, 11) is 0. The van der Waals surface area contributed by atoms with Crippen molar-refractivity contribution in [2.45, 2.75) is 26.2 Å². The predicted octanol–water partition coefficient (Wildman–Crippen LogP) is 1.38. The molecule has 0 saturated heterocycles. The molecule has 0 radical (unpaired) electrons. The number of aromatic nitrogens is 2. The molecule has 5 heteroatoms. The number of carbonyl (C=O) groups excluding carboxylic acids is 1. The van der Waals surface area contributed by atoms with Gasteiger partial charge in [0.25, 0.3) is 5.56 Å². The van der Waals surface area contributed by atoms with Crippen molar-refractivity contribution >= 4 is 16.9 Å². The molecule has 0 fully saturated rings. The minimum Gasteiger partial charge on any atom is -0.356 e. The predicted molar refractivity (Wildman–Crippen MR) is 74.0 cm³/mol. The molecule has 0 bridgehead atoms. The zero-order chi connectivity index (χ0) is 13.7. The lowest BCUT2D eigenvalue weighted by molar-refractivity contribution is -0.121. The van der Waals surface area contributed by atoms with Crippen LogP contribution >= 0.6 is 0 Å². The molecule has 0 unspecified atom stereocenters. The van der Waals surface area contributed by atoms with Crippen LogP contribution in [0.5, 0.6) is 0 Å². The number of nitrogens with zero attached hydrogens (tertiary/aromatic N) is 1. The highest BCUT2D eigenvalue weighted by Gasteiger charge is 2.07. The normalized spacial score (nSPS) is 10.6. The lowest BCUT2D eigenvalue weighted by atomic mass is 10.2. The minimum absolute atomic E-state index is 0.0452. The van der Waals surface area contributed by atoms with Gasteiger partial charge in [-0.1, -0.05) is 19.1 Å². The minimum atomic E-state index is -0.220. The number of aryl methyl sites for hydroxylation is 1. The summed E-state index contributed by atoms with van der Waals surface area (Å²) in [5, 5.41) is 2.78. The fourth-order valence-corrected chi connectivity index (χ4v) is 1.82. The number of para-hydroxylation sites is 2. The van der Waals surface area contributed by atoms with E-state index < -0.39 is 0 Å². The van der Waals surface area contributed by atoms with E-state index in [2.05, 4.69) is 15.3 Å². The first-order valence-electron chi connectivity index (χ1n) is 6.45. The van der Waals surface area contributed by atoms with Crippen molar-refractivity contribution in [2.75, 3.05) is 6.54 Å². The summed E-state index contributed by atoms with van der Waals surface area (Å²) in [6.07, 6.45) is 1.55. The summed E-state index contributed by atoms with van der Waals surface area (Å²) in [5.41, 5.74) is 1.64. The monoisotopic (exact) mass is 259 g/mol. The third-order valence-corrected chi connectivity index (χ3v) is 2.83. The van der Waals surface area contributed by atoms with Crippen LogP contribution in [-0.2, 0) is 11.2 Å². The van der Waals surface area contributed by atoms with Gasteiger partial charge >= 0.3 is 0 Å². The van der Waals surface area contributed by atoms with Crippen LogP contribution in [0, 0.1) is 0 Å². The third-order valence-electron chi connectivity index (χ3n) is 2.83. The third kappa shape index (κ3) is 3.40. The van der Waals surface area contributed by atoms with Crippen LogP contribution in [-0.4, -0.2) is 22.4 Å². The Hall–Kier alpha value is -2.17. The van der Waals surface area contributed by atoms with E-state index in [0.717, 1.165) is 11.9 Å². The lowest BCUT2D eigenvalue weighted by Crippen LogP contribution is -2.25. The van der Waals surface area contributed by atoms with E-state index in [1.165, 1.54) is 0 Å². The summed E-state index contributed by atoms with van der Waals surface area (Å²) >= 11 is 0. The first-order valence-corrected chi connectivity index (χ1v) is 6.45. The van der Waals surface area contributed by atoms with Gasteiger partial charge in [-0.25, -0.2) is 4.98 Å². The maximum absolute atomic E-state index is 11.8. The number of aromatic amines is 1. The van der Waals surface area contributed by atoms with E-state index in [-0.39, 0.29) is 17.9 Å². The molecule has 2 aromatic rings. The molecule has 0 saturated carbocycles. The van der Waals surface area contributed by atoms with Gasteiger partial charge in [-0.05, 0) is 18.6 Å². The van der Waals surface area contributed by atoms with E-state index in [4.69, 9.17) is 0 Å². The molecule has 0 aliphatic rings. The first-order chi connectivity index (χ1) is 9.20. The second-order valence-corrected chi connectivity index (χ2v) is 4.38. The smallest absolute Gasteiger partial charge is 0.270 e. The summed E-state index contributed by atoms with van der Waals surface area (Å²) < 4.78 is 0. The van der Waals surface area contributed by atoms with Gasteiger partial charge in [-0.15, -0.1) is 0 Å². The van der Waals surface area contributed by atoms with Crippen LogP contribution in [0.3, 0.4) is 0 Å². The molecule has 2 N–H and O–H groups in total. The van der Waals surface area contributed by atoms with Crippen LogP contribution < -0.4 is 10.9 Å². The fourth-order valence-electron chi connectivity index (χ4n) is 1.82. The van der Waals surface area contributed by atoms with E-state index in [0.29, 0.717) is 24.2 Å². The lowest BCUT2D eigenvalue weighted by Gasteiger charge is -2.04. The molecular weight excluding hydrogens is 242 g/mol. The Balaban J connectivity index is 2.10. The maximum Gasteiger partial charge on any atom is 0.270 e. The molecule has 1 amide bonds. The van der Waals surface area contributed by atoms with Crippen molar-refractivity contribution in [1.82, 2.24) is 15.3 Å². The van der Waals surface area contributed by atoms with Crippen molar-refractivity contribution in [1.29, 1.82) is 0 Å². The Morgan fingerprint density at radius 1 is 1.37 bits per heavy atom. The first kappa shape index (κ1) is 13.3. The number of nitrogens with one attached hydrogen (secondary N) is 2. The van der Waals surface area contributed by atoms with Gasteiger partial charge in [0.05, 0.1) is 11.0 Å². The molecule has 19 heavy (non-hydrogen) atoms. The number of fused-ring (bicyclic) bond motifs is 1. The second kappa shape index (κ2) is 6.13. The largest absolute Gasteiger partial charge is 0.356 e. The van der Waals surface area contributed by atoms with Crippen LogP contribution in [0.1, 0.15) is 25.5 Å².